The Balaban J connectivity index is 3.38. The molecular formula is C10H12ClNO3S. The maximum absolute atomic E-state index is 11.5. The van der Waals surface area contributed by atoms with Gasteiger partial charge in [-0.2, -0.15) is 0 Å². The van der Waals surface area contributed by atoms with Crippen molar-refractivity contribution in [1.29, 1.82) is 0 Å². The van der Waals surface area contributed by atoms with Crippen molar-refractivity contribution in [2.75, 3.05) is 7.05 Å². The standard InChI is InChI=1S/C10H12ClNO3S/c1-3-7-4-5-8(16(11,14)15)6-9(7)10(13)12-2/h4-6H,3H2,1-2H3,(H,12,13). The molecule has 0 aliphatic carbocycles. The van der Waals surface area contributed by atoms with Crippen molar-refractivity contribution in [3.63, 3.8) is 0 Å². The van der Waals surface area contributed by atoms with E-state index in [-0.39, 0.29) is 10.8 Å². The van der Waals surface area contributed by atoms with E-state index in [2.05, 4.69) is 5.32 Å². The number of carbonyl (C=O) groups excluding carboxylic acids is 1. The van der Waals surface area contributed by atoms with Gasteiger partial charge in [0, 0.05) is 23.3 Å². The predicted molar refractivity (Wildman–Crippen MR) is 62.2 cm³/mol. The lowest BCUT2D eigenvalue weighted by Gasteiger charge is -2.07. The van der Waals surface area contributed by atoms with E-state index in [0.29, 0.717) is 12.0 Å². The second kappa shape index (κ2) is 4.84. The molecule has 4 nitrogen and oxygen atoms in total. The number of nitrogens with one attached hydrogen (secondary N) is 1. The third-order valence-corrected chi connectivity index (χ3v) is 3.57. The van der Waals surface area contributed by atoms with Crippen molar-refractivity contribution in [3.05, 3.63) is 29.3 Å². The smallest absolute Gasteiger partial charge is 0.261 e. The second-order valence-electron chi connectivity index (χ2n) is 3.19. The molecule has 0 aliphatic rings. The molecule has 0 fully saturated rings. The number of halogens is 1. The first-order valence-corrected chi connectivity index (χ1v) is 7.00. The summed E-state index contributed by atoms with van der Waals surface area (Å²) in [6.07, 6.45) is 0.644. The Labute approximate surface area is 99.0 Å². The SMILES string of the molecule is CCc1ccc(S(=O)(=O)Cl)cc1C(=O)NC. The van der Waals surface area contributed by atoms with Gasteiger partial charge in [-0.15, -0.1) is 0 Å². The van der Waals surface area contributed by atoms with Gasteiger partial charge in [-0.1, -0.05) is 13.0 Å². The van der Waals surface area contributed by atoms with Gasteiger partial charge in [0.2, 0.25) is 0 Å². The molecule has 1 rings (SSSR count). The van der Waals surface area contributed by atoms with Crippen molar-refractivity contribution in [2.24, 2.45) is 0 Å². The summed E-state index contributed by atoms with van der Waals surface area (Å²) in [4.78, 5) is 11.5. The molecule has 0 saturated carbocycles. The fourth-order valence-electron chi connectivity index (χ4n) is 1.36. The van der Waals surface area contributed by atoms with Crippen LogP contribution in [0.5, 0.6) is 0 Å². The molecule has 88 valence electrons. The monoisotopic (exact) mass is 261 g/mol. The van der Waals surface area contributed by atoms with Gasteiger partial charge in [0.05, 0.1) is 4.90 Å². The zero-order chi connectivity index (χ0) is 12.3. The van der Waals surface area contributed by atoms with Gasteiger partial charge in [-0.25, -0.2) is 8.42 Å². The van der Waals surface area contributed by atoms with Crippen molar-refractivity contribution < 1.29 is 13.2 Å². The maximum atomic E-state index is 11.5. The number of hydrogen-bond donors (Lipinski definition) is 1. The molecule has 1 N–H and O–H groups in total. The zero-order valence-electron chi connectivity index (χ0n) is 8.95. The minimum absolute atomic E-state index is 0.0648. The van der Waals surface area contributed by atoms with Crippen LogP contribution in [0.2, 0.25) is 0 Å². The highest BCUT2D eigenvalue weighted by atomic mass is 35.7. The molecule has 0 bridgehead atoms. The summed E-state index contributed by atoms with van der Waals surface area (Å²) in [7, 11) is 2.90. The molecule has 0 heterocycles. The Hall–Kier alpha value is -1.07. The van der Waals surface area contributed by atoms with Crippen LogP contribution in [-0.4, -0.2) is 21.4 Å². The number of aryl methyl sites for hydroxylation is 1. The van der Waals surface area contributed by atoms with Gasteiger partial charge in [0.15, 0.2) is 0 Å². The molecule has 1 aromatic rings. The van der Waals surface area contributed by atoms with Crippen molar-refractivity contribution >= 4 is 25.6 Å². The molecule has 0 atom stereocenters. The van der Waals surface area contributed by atoms with Crippen LogP contribution in [0.1, 0.15) is 22.8 Å². The van der Waals surface area contributed by atoms with Gasteiger partial charge in [-0.3, -0.25) is 4.79 Å². The van der Waals surface area contributed by atoms with E-state index in [0.717, 1.165) is 5.56 Å². The summed E-state index contributed by atoms with van der Waals surface area (Å²) in [5.74, 6) is -0.320. The number of hydrogen-bond acceptors (Lipinski definition) is 3. The summed E-state index contributed by atoms with van der Waals surface area (Å²) >= 11 is 0. The fraction of sp³-hybridized carbons (Fsp3) is 0.300. The molecule has 1 amide bonds. The molecule has 1 aromatic carbocycles. The molecule has 0 saturated heterocycles. The Morgan fingerprint density at radius 1 is 1.44 bits per heavy atom. The van der Waals surface area contributed by atoms with E-state index >= 15 is 0 Å². The van der Waals surface area contributed by atoms with E-state index in [4.69, 9.17) is 10.7 Å². The third-order valence-electron chi connectivity index (χ3n) is 2.22. The van der Waals surface area contributed by atoms with Crippen LogP contribution in [0.3, 0.4) is 0 Å². The Morgan fingerprint density at radius 2 is 2.06 bits per heavy atom. The van der Waals surface area contributed by atoms with Crippen LogP contribution in [0.15, 0.2) is 23.1 Å². The van der Waals surface area contributed by atoms with Crippen LogP contribution in [-0.2, 0) is 15.5 Å². The largest absolute Gasteiger partial charge is 0.355 e. The number of amides is 1. The molecule has 0 radical (unpaired) electrons. The normalized spacial score (nSPS) is 11.2. The summed E-state index contributed by atoms with van der Waals surface area (Å²) in [5, 5.41) is 2.46. The number of rotatable bonds is 3. The second-order valence-corrected chi connectivity index (χ2v) is 5.76. The fourth-order valence-corrected chi connectivity index (χ4v) is 2.14. The quantitative estimate of drug-likeness (QED) is 0.840. The average Bonchev–Trinajstić information content (AvgIpc) is 2.25. The molecule has 6 heteroatoms. The first-order valence-electron chi connectivity index (χ1n) is 4.69. The zero-order valence-corrected chi connectivity index (χ0v) is 10.5. The molecule has 0 aromatic heterocycles. The van der Waals surface area contributed by atoms with Gasteiger partial charge < -0.3 is 5.32 Å². The van der Waals surface area contributed by atoms with E-state index in [1.807, 2.05) is 6.92 Å². The lowest BCUT2D eigenvalue weighted by atomic mass is 10.0. The number of benzene rings is 1. The highest BCUT2D eigenvalue weighted by Gasteiger charge is 2.15. The van der Waals surface area contributed by atoms with Crippen molar-refractivity contribution in [1.82, 2.24) is 5.32 Å². The Morgan fingerprint density at radius 3 is 2.50 bits per heavy atom. The molecule has 16 heavy (non-hydrogen) atoms. The summed E-state index contributed by atoms with van der Waals surface area (Å²) < 4.78 is 22.3. The van der Waals surface area contributed by atoms with E-state index in [9.17, 15) is 13.2 Å². The first kappa shape index (κ1) is 13.0. The van der Waals surface area contributed by atoms with Gasteiger partial charge in [-0.05, 0) is 24.1 Å². The van der Waals surface area contributed by atoms with Crippen LogP contribution < -0.4 is 5.32 Å². The molecule has 0 spiro atoms. The topological polar surface area (TPSA) is 63.2 Å². The maximum Gasteiger partial charge on any atom is 0.261 e. The third kappa shape index (κ3) is 2.74. The van der Waals surface area contributed by atoms with Crippen molar-refractivity contribution in [3.8, 4) is 0 Å². The molecule has 0 unspecified atom stereocenters. The van der Waals surface area contributed by atoms with Gasteiger partial charge in [0.25, 0.3) is 15.0 Å². The summed E-state index contributed by atoms with van der Waals surface area (Å²) in [6, 6.07) is 4.29. The van der Waals surface area contributed by atoms with E-state index < -0.39 is 9.05 Å². The van der Waals surface area contributed by atoms with Gasteiger partial charge in [0.1, 0.15) is 0 Å². The van der Waals surface area contributed by atoms with Crippen LogP contribution in [0, 0.1) is 0 Å². The highest BCUT2D eigenvalue weighted by molar-refractivity contribution is 8.13. The summed E-state index contributed by atoms with van der Waals surface area (Å²) in [5.41, 5.74) is 1.12. The molecular weight excluding hydrogens is 250 g/mol. The van der Waals surface area contributed by atoms with Crippen LogP contribution >= 0.6 is 10.7 Å². The predicted octanol–water partition coefficient (Wildman–Crippen LogP) is 1.54. The first-order chi connectivity index (χ1) is 7.40. The van der Waals surface area contributed by atoms with Crippen molar-refractivity contribution in [2.45, 2.75) is 18.2 Å². The Kier molecular flexibility index (Phi) is 3.93. The molecule has 0 aliphatic heterocycles. The Bertz CT molecular complexity index is 511. The minimum Gasteiger partial charge on any atom is -0.355 e. The number of carbonyl (C=O) groups is 1. The van der Waals surface area contributed by atoms with Gasteiger partial charge >= 0.3 is 0 Å². The minimum atomic E-state index is -3.80. The lowest BCUT2D eigenvalue weighted by molar-refractivity contribution is 0.0962. The average molecular weight is 262 g/mol. The van der Waals surface area contributed by atoms with Crippen LogP contribution in [0.25, 0.3) is 0 Å². The highest BCUT2D eigenvalue weighted by Crippen LogP contribution is 2.19. The van der Waals surface area contributed by atoms with E-state index in [1.54, 1.807) is 6.07 Å². The lowest BCUT2D eigenvalue weighted by Crippen LogP contribution is -2.19. The summed E-state index contributed by atoms with van der Waals surface area (Å²) in [6.45, 7) is 1.89. The van der Waals surface area contributed by atoms with E-state index in [1.165, 1.54) is 19.2 Å². The van der Waals surface area contributed by atoms with Crippen LogP contribution in [0.4, 0.5) is 0 Å².